The van der Waals surface area contributed by atoms with Crippen molar-refractivity contribution < 1.29 is 18.0 Å². The topological polar surface area (TPSA) is 75.9 Å². The zero-order valence-corrected chi connectivity index (χ0v) is 15.8. The number of hydrogen-bond acceptors (Lipinski definition) is 5. The number of nitrogens with one attached hydrogen (secondary N) is 1. The normalized spacial score (nSPS) is 11.3. The molecule has 0 fully saturated rings. The number of aromatic nitrogens is 5. The molecule has 4 heterocycles. The van der Waals surface area contributed by atoms with Crippen LogP contribution in [0.4, 0.5) is 13.2 Å². The molecular formula is C18H16F3N5OS. The second-order valence-electron chi connectivity index (χ2n) is 5.88. The molecule has 28 heavy (non-hydrogen) atoms. The molecule has 0 aliphatic heterocycles. The van der Waals surface area contributed by atoms with E-state index >= 15 is 0 Å². The third kappa shape index (κ3) is 4.45. The fraction of sp³-hybridized carbons (Fsp3) is 0.222. The Labute approximate surface area is 162 Å². The van der Waals surface area contributed by atoms with Crippen LogP contribution in [0.5, 0.6) is 0 Å². The summed E-state index contributed by atoms with van der Waals surface area (Å²) in [5.41, 5.74) is 4.54. The first-order valence-corrected chi connectivity index (χ1v) is 9.15. The zero-order valence-electron chi connectivity index (χ0n) is 15.0. The van der Waals surface area contributed by atoms with Gasteiger partial charge in [0.25, 0.3) is 0 Å². The monoisotopic (exact) mass is 407 g/mol. The third-order valence-electron chi connectivity index (χ3n) is 3.85. The number of carbonyl (C=O) groups is 1. The molecule has 0 unspecified atom stereocenters. The number of Topliss-reactive ketones (excluding diaryl/α,β-unsaturated/α-hetero) is 1. The molecule has 0 spiro atoms. The van der Waals surface area contributed by atoms with E-state index in [0.29, 0.717) is 0 Å². The smallest absolute Gasteiger partial charge is 0.294 e. The quantitative estimate of drug-likeness (QED) is 0.485. The third-order valence-corrected chi connectivity index (χ3v) is 4.88. The Morgan fingerprint density at radius 3 is 2.54 bits per heavy atom. The summed E-state index contributed by atoms with van der Waals surface area (Å²) in [6.07, 6.45) is 4.34. The summed E-state index contributed by atoms with van der Waals surface area (Å²) < 4.78 is 34.1. The molecule has 0 bridgehead atoms. The Kier molecular flexibility index (Phi) is 5.59. The lowest BCUT2D eigenvalue weighted by Gasteiger charge is -1.99. The average Bonchev–Trinajstić information content (AvgIpc) is 3.39. The van der Waals surface area contributed by atoms with E-state index in [1.807, 2.05) is 23.8 Å². The summed E-state index contributed by atoms with van der Waals surface area (Å²) in [6, 6.07) is 1.88. The highest BCUT2D eigenvalue weighted by molar-refractivity contribution is 7.12. The van der Waals surface area contributed by atoms with Crippen molar-refractivity contribution in [3.8, 4) is 22.3 Å². The lowest BCUT2D eigenvalue weighted by Crippen LogP contribution is -2.02. The number of rotatable bonds is 3. The first kappa shape index (κ1) is 19.7. The van der Waals surface area contributed by atoms with Crippen molar-refractivity contribution in [2.75, 3.05) is 0 Å². The van der Waals surface area contributed by atoms with Crippen molar-refractivity contribution >= 4 is 22.8 Å². The van der Waals surface area contributed by atoms with Crippen molar-refractivity contribution in [2.24, 2.45) is 0 Å². The van der Waals surface area contributed by atoms with Gasteiger partial charge in [0.05, 0.1) is 17.3 Å². The highest BCUT2D eigenvalue weighted by atomic mass is 32.1. The minimum atomic E-state index is -3.96. The summed E-state index contributed by atoms with van der Waals surface area (Å²) in [4.78, 5) is 16.7. The number of thiophene rings is 1. The molecule has 0 saturated heterocycles. The van der Waals surface area contributed by atoms with Crippen LogP contribution in [0.2, 0.25) is 0 Å². The predicted molar refractivity (Wildman–Crippen MR) is 100 cm³/mol. The van der Waals surface area contributed by atoms with E-state index in [1.54, 1.807) is 30.0 Å². The van der Waals surface area contributed by atoms with Gasteiger partial charge in [-0.1, -0.05) is 6.92 Å². The van der Waals surface area contributed by atoms with Crippen molar-refractivity contribution in [1.82, 2.24) is 24.8 Å². The number of halogens is 3. The largest absolute Gasteiger partial charge is 0.388 e. The maximum Gasteiger partial charge on any atom is 0.388 e. The number of carbonyl (C=O) groups excluding carboxylic acids is 1. The summed E-state index contributed by atoms with van der Waals surface area (Å²) in [6.45, 7) is 2.65. The van der Waals surface area contributed by atoms with E-state index in [1.165, 1.54) is 11.3 Å². The molecule has 0 radical (unpaired) electrons. The molecule has 0 saturated carbocycles. The van der Waals surface area contributed by atoms with Crippen molar-refractivity contribution in [1.29, 1.82) is 0 Å². The Bertz CT molecular complexity index is 1080. The molecule has 4 rings (SSSR count). The van der Waals surface area contributed by atoms with Crippen LogP contribution in [-0.4, -0.2) is 36.8 Å². The number of H-pyrrole nitrogens is 1. The van der Waals surface area contributed by atoms with Gasteiger partial charge in [-0.2, -0.15) is 23.4 Å². The molecule has 0 aliphatic rings. The number of alkyl halides is 3. The maximum atomic E-state index is 11.4. The van der Waals surface area contributed by atoms with Crippen LogP contribution < -0.4 is 0 Å². The summed E-state index contributed by atoms with van der Waals surface area (Å²) >= 11 is 1.44. The fourth-order valence-electron chi connectivity index (χ4n) is 2.30. The fourth-order valence-corrected chi connectivity index (χ4v) is 3.11. The molecule has 0 atom stereocenters. The standard InChI is InChI=1S/C15H11N5OS.C3H5F3/c1-9(21)14-2-10(8-22-14)13-6-19-20-7-12(3-16-15(13)20)11-4-17-18-5-11;1-2-3(4,5)6/h2-8H,1H3,(H,17,18);2H2,1H3. The van der Waals surface area contributed by atoms with Gasteiger partial charge in [-0.15, -0.1) is 11.3 Å². The Morgan fingerprint density at radius 2 is 1.96 bits per heavy atom. The van der Waals surface area contributed by atoms with Gasteiger partial charge in [0.2, 0.25) is 0 Å². The molecule has 10 heteroatoms. The number of fused-ring (bicyclic) bond motifs is 1. The molecular weight excluding hydrogens is 391 g/mol. The van der Waals surface area contributed by atoms with Crippen LogP contribution in [0.15, 0.2) is 42.4 Å². The van der Waals surface area contributed by atoms with Crippen molar-refractivity contribution in [3.05, 3.63) is 47.3 Å². The van der Waals surface area contributed by atoms with E-state index in [9.17, 15) is 18.0 Å². The van der Waals surface area contributed by atoms with E-state index < -0.39 is 12.6 Å². The Hall–Kier alpha value is -3.01. The predicted octanol–water partition coefficient (Wildman–Crippen LogP) is 5.01. The molecule has 0 amide bonds. The van der Waals surface area contributed by atoms with Gasteiger partial charge in [-0.3, -0.25) is 9.89 Å². The second kappa shape index (κ2) is 7.93. The van der Waals surface area contributed by atoms with Crippen LogP contribution in [0.1, 0.15) is 29.9 Å². The Morgan fingerprint density at radius 1 is 1.21 bits per heavy atom. The van der Waals surface area contributed by atoms with Gasteiger partial charge < -0.3 is 0 Å². The minimum absolute atomic E-state index is 0.0722. The maximum absolute atomic E-state index is 11.4. The molecule has 0 aliphatic carbocycles. The van der Waals surface area contributed by atoms with E-state index in [4.69, 9.17) is 0 Å². The number of nitrogens with zero attached hydrogens (tertiary/aromatic N) is 4. The van der Waals surface area contributed by atoms with Gasteiger partial charge in [0.15, 0.2) is 11.4 Å². The molecule has 1 N–H and O–H groups in total. The summed E-state index contributed by atoms with van der Waals surface area (Å²) in [5.74, 6) is 0.0722. The SMILES string of the molecule is CC(=O)c1cc(-c2cnn3cc(-c4cn[nH]c4)cnc23)cs1.CCC(F)(F)F. The molecule has 4 aromatic heterocycles. The minimum Gasteiger partial charge on any atom is -0.294 e. The van der Waals surface area contributed by atoms with E-state index in [0.717, 1.165) is 39.7 Å². The molecule has 6 nitrogen and oxygen atoms in total. The van der Waals surface area contributed by atoms with Crippen molar-refractivity contribution in [2.45, 2.75) is 26.4 Å². The van der Waals surface area contributed by atoms with E-state index in [2.05, 4.69) is 20.3 Å². The first-order chi connectivity index (χ1) is 13.3. The van der Waals surface area contributed by atoms with Crippen LogP contribution in [0.25, 0.3) is 27.9 Å². The van der Waals surface area contributed by atoms with Crippen molar-refractivity contribution in [3.63, 3.8) is 0 Å². The van der Waals surface area contributed by atoms with Gasteiger partial charge in [-0.25, -0.2) is 9.50 Å². The number of aromatic amines is 1. The van der Waals surface area contributed by atoms with Gasteiger partial charge in [0.1, 0.15) is 0 Å². The van der Waals surface area contributed by atoms with Crippen LogP contribution in [0.3, 0.4) is 0 Å². The molecule has 0 aromatic carbocycles. The molecule has 146 valence electrons. The zero-order chi connectivity index (χ0) is 20.3. The Balaban J connectivity index is 0.000000330. The van der Waals surface area contributed by atoms with Crippen LogP contribution >= 0.6 is 11.3 Å². The van der Waals surface area contributed by atoms with Crippen LogP contribution in [0, 0.1) is 0 Å². The summed E-state index contributed by atoms with van der Waals surface area (Å²) in [7, 11) is 0. The highest BCUT2D eigenvalue weighted by Crippen LogP contribution is 2.29. The second-order valence-corrected chi connectivity index (χ2v) is 6.79. The van der Waals surface area contributed by atoms with Gasteiger partial charge >= 0.3 is 6.18 Å². The van der Waals surface area contributed by atoms with E-state index in [-0.39, 0.29) is 5.78 Å². The lowest BCUT2D eigenvalue weighted by molar-refractivity contribution is -0.130. The first-order valence-electron chi connectivity index (χ1n) is 8.27. The van der Waals surface area contributed by atoms with Crippen LogP contribution in [-0.2, 0) is 0 Å². The number of ketones is 1. The lowest BCUT2D eigenvalue weighted by atomic mass is 10.1. The number of hydrogen-bond donors (Lipinski definition) is 1. The average molecular weight is 407 g/mol. The van der Waals surface area contributed by atoms with Gasteiger partial charge in [-0.05, 0) is 23.9 Å². The van der Waals surface area contributed by atoms with Gasteiger partial charge in [0, 0.05) is 41.7 Å². The summed E-state index contributed by atoms with van der Waals surface area (Å²) in [5, 5.41) is 13.0. The highest BCUT2D eigenvalue weighted by Gasteiger charge is 2.22. The molecule has 4 aromatic rings.